The Bertz CT molecular complexity index is 3130. The third kappa shape index (κ3) is 17.0. The first-order valence-electron chi connectivity index (χ1n) is 26.2. The summed E-state index contributed by atoms with van der Waals surface area (Å²) in [7, 11) is -10.1. The number of rotatable bonds is 29. The van der Waals surface area contributed by atoms with Gasteiger partial charge in [0.25, 0.3) is 42.2 Å². The molecule has 80 heavy (non-hydrogen) atoms. The SMILES string of the molecule is COCCOCCC1(CCOCCOC)C=C(C)c2cc3c(cc2N1CCCS(=O)(=O)O)OI=C(C(C)(C)C)C=C3/C=C/C=C/C=C1\N(CCCS(=O)(=O)O)c2ccc(S(=O)(=O)O)cc2C1(C)CCCC(=O)ON1C(=O)CCC1=O. The molecule has 442 valence electrons. The van der Waals surface area contributed by atoms with Crippen molar-refractivity contribution < 1.29 is 80.1 Å². The average Bonchev–Trinajstić information content (AvgIpc) is 3.71. The minimum Gasteiger partial charge on any atom is -0.435 e. The van der Waals surface area contributed by atoms with Crippen LogP contribution in [0.2, 0.25) is 0 Å². The topological polar surface area (TPSA) is 279 Å². The molecule has 1 saturated heterocycles. The fourth-order valence-corrected chi connectivity index (χ4v) is 13.6. The van der Waals surface area contributed by atoms with Gasteiger partial charge in [0.15, 0.2) is 0 Å². The number of benzene rings is 2. The Kier molecular flexibility index (Phi) is 22.2. The van der Waals surface area contributed by atoms with Gasteiger partial charge >= 0.3 is 5.97 Å². The number of hydrogen-bond donors (Lipinski definition) is 3. The van der Waals surface area contributed by atoms with E-state index < -0.39 is 91.7 Å². The molecule has 0 bridgehead atoms. The van der Waals surface area contributed by atoms with Crippen molar-refractivity contribution in [3.63, 3.8) is 0 Å². The number of amides is 2. The van der Waals surface area contributed by atoms with Gasteiger partial charge < -0.3 is 36.7 Å². The Morgan fingerprint density at radius 1 is 0.775 bits per heavy atom. The van der Waals surface area contributed by atoms with Crippen LogP contribution < -0.4 is 12.9 Å². The summed E-state index contributed by atoms with van der Waals surface area (Å²) in [6, 6.07) is 8.17. The molecule has 0 saturated carbocycles. The van der Waals surface area contributed by atoms with Gasteiger partial charge in [-0.05, 0) is 111 Å². The van der Waals surface area contributed by atoms with E-state index in [1.807, 2.05) is 32.1 Å². The van der Waals surface area contributed by atoms with E-state index in [4.69, 9.17) is 26.9 Å². The fourth-order valence-electron chi connectivity index (χ4n) is 10.1. The summed E-state index contributed by atoms with van der Waals surface area (Å²) < 4.78 is 133. The van der Waals surface area contributed by atoms with Crippen molar-refractivity contribution in [2.24, 2.45) is 5.41 Å². The smallest absolute Gasteiger partial charge is 0.333 e. The van der Waals surface area contributed by atoms with Crippen molar-refractivity contribution in [3.8, 4) is 5.75 Å². The molecule has 0 aliphatic carbocycles. The number of halogens is 1. The van der Waals surface area contributed by atoms with E-state index in [1.54, 1.807) is 37.3 Å². The molecule has 4 heterocycles. The van der Waals surface area contributed by atoms with Crippen molar-refractivity contribution in [1.82, 2.24) is 5.06 Å². The van der Waals surface area contributed by atoms with Gasteiger partial charge in [-0.1, -0.05) is 51.2 Å². The number of imide groups is 1. The molecule has 2 aromatic carbocycles. The van der Waals surface area contributed by atoms with Crippen LogP contribution in [0.1, 0.15) is 109 Å². The number of carbonyl (C=O) groups is 3. The van der Waals surface area contributed by atoms with E-state index in [2.05, 4.69) is 43.9 Å². The van der Waals surface area contributed by atoms with Gasteiger partial charge in [0.1, 0.15) is 26.9 Å². The highest BCUT2D eigenvalue weighted by Gasteiger charge is 2.45. The van der Waals surface area contributed by atoms with Crippen molar-refractivity contribution in [2.75, 3.05) is 88.3 Å². The third-order valence-corrected chi connectivity index (χ3v) is 19.7. The van der Waals surface area contributed by atoms with Crippen LogP contribution in [0.25, 0.3) is 11.1 Å². The Morgan fingerprint density at radius 2 is 1.40 bits per heavy atom. The molecule has 4 aliphatic heterocycles. The van der Waals surface area contributed by atoms with Crippen molar-refractivity contribution >= 4 is 95.3 Å². The molecule has 0 aromatic heterocycles. The van der Waals surface area contributed by atoms with Gasteiger partial charge in [0.05, 0.1) is 48.4 Å². The normalized spacial score (nSPS) is 19.1. The molecule has 3 N–H and O–H groups in total. The Hall–Kier alpha value is -4.68. The highest BCUT2D eigenvalue weighted by Crippen LogP contribution is 2.52. The molecule has 25 heteroatoms. The monoisotopic (exact) mass is 1290 g/mol. The maximum Gasteiger partial charge on any atom is 0.333 e. The van der Waals surface area contributed by atoms with E-state index in [1.165, 1.54) is 18.2 Å². The lowest BCUT2D eigenvalue weighted by atomic mass is 9.77. The largest absolute Gasteiger partial charge is 0.435 e. The fraction of sp³-hybridized carbons (Fsp3) is 0.527. The second kappa shape index (κ2) is 27.6. The first-order valence-corrected chi connectivity index (χ1v) is 32.8. The molecule has 0 spiro atoms. The summed E-state index contributed by atoms with van der Waals surface area (Å²) in [5.41, 5.74) is 3.81. The van der Waals surface area contributed by atoms with E-state index in [0.717, 1.165) is 31.5 Å². The van der Waals surface area contributed by atoms with Gasteiger partial charge in [-0.2, -0.15) is 25.3 Å². The lowest BCUT2D eigenvalue weighted by Crippen LogP contribution is -2.52. The predicted octanol–water partition coefficient (Wildman–Crippen LogP) is 7.99. The molecule has 1 atom stereocenters. The Balaban J connectivity index is 1.40. The maximum absolute atomic E-state index is 13.0. The van der Waals surface area contributed by atoms with E-state index >= 15 is 0 Å². The molecule has 1 unspecified atom stereocenters. The maximum atomic E-state index is 13.0. The predicted molar refractivity (Wildman–Crippen MR) is 312 cm³/mol. The molecule has 1 fully saturated rings. The molecule has 6 rings (SSSR count). The molecule has 4 aliphatic rings. The van der Waals surface area contributed by atoms with Crippen LogP contribution in [0.3, 0.4) is 0 Å². The van der Waals surface area contributed by atoms with Crippen molar-refractivity contribution in [2.45, 2.75) is 108 Å². The molecular formula is C55H74IN3O18S3. The zero-order valence-electron chi connectivity index (χ0n) is 46.3. The minimum absolute atomic E-state index is 0.0290. The third-order valence-electron chi connectivity index (χ3n) is 14.2. The van der Waals surface area contributed by atoms with Crippen LogP contribution in [0.5, 0.6) is 5.75 Å². The number of hydrogen-bond acceptors (Lipinski definition) is 17. The van der Waals surface area contributed by atoms with Crippen LogP contribution in [-0.4, -0.2) is 149 Å². The number of methoxy groups -OCH3 is 2. The summed E-state index contributed by atoms with van der Waals surface area (Å²) in [5.74, 6) is -2.48. The number of anilines is 2. The second-order valence-electron chi connectivity index (χ2n) is 21.1. The molecule has 21 nitrogen and oxygen atoms in total. The summed E-state index contributed by atoms with van der Waals surface area (Å²) in [6.07, 6.45) is 14.6. The zero-order chi connectivity index (χ0) is 58.7. The van der Waals surface area contributed by atoms with Gasteiger partial charge in [0, 0.05) is 103 Å². The zero-order valence-corrected chi connectivity index (χ0v) is 50.9. The highest BCUT2D eigenvalue weighted by molar-refractivity contribution is 14.2. The number of carbonyl (C=O) groups excluding carboxylic acids is 3. The minimum atomic E-state index is -4.69. The molecule has 0 radical (unpaired) electrons. The van der Waals surface area contributed by atoms with Crippen LogP contribution in [0.4, 0.5) is 11.4 Å². The van der Waals surface area contributed by atoms with Gasteiger partial charge in [0.2, 0.25) is 0 Å². The first-order chi connectivity index (χ1) is 37.6. The summed E-state index contributed by atoms with van der Waals surface area (Å²) in [4.78, 5) is 46.0. The lowest BCUT2D eigenvalue weighted by Gasteiger charge is -2.48. The summed E-state index contributed by atoms with van der Waals surface area (Å²) >= 11 is -1.02. The summed E-state index contributed by atoms with van der Waals surface area (Å²) in [5, 5.41) is 0.464. The first kappa shape index (κ1) is 64.5. The van der Waals surface area contributed by atoms with Crippen LogP contribution >= 0.6 is 21.1 Å². The van der Waals surface area contributed by atoms with E-state index in [0.29, 0.717) is 80.2 Å². The second-order valence-corrected chi connectivity index (χ2v) is 27.7. The van der Waals surface area contributed by atoms with Crippen LogP contribution in [-0.2, 0) is 73.9 Å². The molecular weight excluding hydrogens is 1210 g/mol. The number of hydroxylamine groups is 2. The molecule has 2 aromatic rings. The lowest BCUT2D eigenvalue weighted by molar-refractivity contribution is -0.197. The average molecular weight is 1290 g/mol. The van der Waals surface area contributed by atoms with Gasteiger partial charge in [-0.15, -0.1) is 5.06 Å². The Labute approximate surface area is 480 Å². The van der Waals surface area contributed by atoms with Gasteiger partial charge in [-0.3, -0.25) is 23.2 Å². The highest BCUT2D eigenvalue weighted by atomic mass is 127. The van der Waals surface area contributed by atoms with E-state index in [-0.39, 0.29) is 68.3 Å². The summed E-state index contributed by atoms with van der Waals surface area (Å²) in [6.45, 7) is 12.9. The van der Waals surface area contributed by atoms with Gasteiger partial charge in [-0.25, -0.2) is 4.79 Å². The number of ether oxygens (including phenoxy) is 4. The van der Waals surface area contributed by atoms with Crippen molar-refractivity contribution in [3.05, 3.63) is 95.3 Å². The number of nitrogens with zero attached hydrogens (tertiary/aromatic N) is 3. The van der Waals surface area contributed by atoms with Crippen LogP contribution in [0.15, 0.2) is 83.5 Å². The van der Waals surface area contributed by atoms with E-state index in [9.17, 15) is 53.3 Å². The standard InChI is InChI=1S/C55H74IN3O18S3/c1-39-38-55(22-26-74-30-28-72-6,23-27-75-31-29-73-7)58(25-13-33-79(66,67)68)46-37-47-43(36-42(39)46)40(34-48(56-76-47)53(2,3)4)14-9-8-10-15-49-54(5,21-11-16-52(62)77-59-50(60)19-20-51(59)61)44-35-41(80(69,70)71)17-18-45(44)57(49)24-12-32-78(63,64)65/h8-10,14-15,17-18,34-38H,11-13,16,19-33H2,1-7H3,(H,63,64,65)(H,66,67,68)(H,69,70,71)/b10-8+,14-9+,49-15-. The number of fused-ring (bicyclic) bond motifs is 3. The Morgan fingerprint density at radius 3 is 1.99 bits per heavy atom. The number of allylic oxidation sites excluding steroid dienone is 9. The van der Waals surface area contributed by atoms with Crippen LogP contribution in [0, 0.1) is 5.41 Å². The molecule has 2 amide bonds. The quantitative estimate of drug-likeness (QED) is 0.0229. The van der Waals surface area contributed by atoms with Crippen molar-refractivity contribution in [1.29, 1.82) is 0 Å².